The van der Waals surface area contributed by atoms with Crippen molar-refractivity contribution in [3.63, 3.8) is 0 Å². The number of nitrogens with zero attached hydrogens (tertiary/aromatic N) is 8. The standard InChI is InChI=1S/C24H25N9O.C2H6O/c1-30-9-11-32(12-10-30)23-14-20(24(34)26-16-18-5-3-17(15-25)4-6-18)28-22-13-19(29-33(22)23)21-7-8-27-31(21)2;1-3-2/h3-8,13-14H,9-12,16H2,1-2H3,(H,26,34);1-2H3. The first-order chi connectivity index (χ1) is 17.9. The van der Waals surface area contributed by atoms with Crippen LogP contribution < -0.4 is 10.2 Å². The van der Waals surface area contributed by atoms with Gasteiger partial charge in [-0.25, -0.2) is 4.98 Å². The Morgan fingerprint density at radius 3 is 2.41 bits per heavy atom. The van der Waals surface area contributed by atoms with Crippen LogP contribution in [0.25, 0.3) is 17.0 Å². The summed E-state index contributed by atoms with van der Waals surface area (Å²) in [6, 6.07) is 14.8. The Morgan fingerprint density at radius 2 is 1.78 bits per heavy atom. The summed E-state index contributed by atoms with van der Waals surface area (Å²) < 4.78 is 7.83. The number of rotatable bonds is 5. The summed E-state index contributed by atoms with van der Waals surface area (Å²) in [4.78, 5) is 22.2. The summed E-state index contributed by atoms with van der Waals surface area (Å²) >= 11 is 0. The molecule has 4 aromatic rings. The van der Waals surface area contributed by atoms with Crippen LogP contribution in [0.15, 0.2) is 48.7 Å². The number of nitrogens with one attached hydrogen (secondary N) is 1. The summed E-state index contributed by atoms with van der Waals surface area (Å²) in [5.74, 6) is 0.584. The van der Waals surface area contributed by atoms with Crippen molar-refractivity contribution in [2.75, 3.05) is 52.3 Å². The molecule has 0 radical (unpaired) electrons. The molecule has 5 rings (SSSR count). The lowest BCUT2D eigenvalue weighted by molar-refractivity contribution is 0.0946. The average Bonchev–Trinajstić information content (AvgIpc) is 3.53. The minimum atomic E-state index is -0.259. The second-order valence-electron chi connectivity index (χ2n) is 8.83. The van der Waals surface area contributed by atoms with Crippen LogP contribution in [0.1, 0.15) is 21.6 Å². The van der Waals surface area contributed by atoms with E-state index < -0.39 is 0 Å². The van der Waals surface area contributed by atoms with E-state index in [-0.39, 0.29) is 5.91 Å². The van der Waals surface area contributed by atoms with Gasteiger partial charge in [0.1, 0.15) is 17.2 Å². The van der Waals surface area contributed by atoms with Crippen LogP contribution >= 0.6 is 0 Å². The van der Waals surface area contributed by atoms with Gasteiger partial charge in [0.2, 0.25) is 0 Å². The minimum absolute atomic E-state index is 0.259. The van der Waals surface area contributed by atoms with E-state index in [1.54, 1.807) is 37.2 Å². The number of aromatic nitrogens is 5. The zero-order valence-electron chi connectivity index (χ0n) is 21.5. The number of nitriles is 1. The summed E-state index contributed by atoms with van der Waals surface area (Å²) in [6.07, 6.45) is 1.73. The van der Waals surface area contributed by atoms with E-state index in [0.717, 1.165) is 48.9 Å². The zero-order valence-corrected chi connectivity index (χ0v) is 21.5. The number of aryl methyl sites for hydroxylation is 1. The summed E-state index contributed by atoms with van der Waals surface area (Å²) in [7, 11) is 7.23. The van der Waals surface area contributed by atoms with Gasteiger partial charge in [0.25, 0.3) is 5.91 Å². The highest BCUT2D eigenvalue weighted by atomic mass is 16.4. The number of hydrogen-bond acceptors (Lipinski definition) is 8. The second kappa shape index (κ2) is 11.6. The number of benzene rings is 1. The van der Waals surface area contributed by atoms with Gasteiger partial charge in [-0.1, -0.05) is 12.1 Å². The third-order valence-corrected chi connectivity index (χ3v) is 6.09. The summed E-state index contributed by atoms with van der Waals surface area (Å²) in [5.41, 5.74) is 4.07. The molecular weight excluding hydrogens is 470 g/mol. The first kappa shape index (κ1) is 25.8. The van der Waals surface area contributed by atoms with Gasteiger partial charge in [-0.3, -0.25) is 9.48 Å². The van der Waals surface area contributed by atoms with Crippen LogP contribution in [0.3, 0.4) is 0 Å². The molecule has 0 spiro atoms. The number of ether oxygens (including phenoxy) is 1. The van der Waals surface area contributed by atoms with E-state index in [9.17, 15) is 4.79 Å². The predicted molar refractivity (Wildman–Crippen MR) is 140 cm³/mol. The maximum absolute atomic E-state index is 13.1. The van der Waals surface area contributed by atoms with Crippen molar-refractivity contribution in [1.82, 2.24) is 34.6 Å². The van der Waals surface area contributed by atoms with Gasteiger partial charge >= 0.3 is 0 Å². The molecule has 0 aliphatic carbocycles. The smallest absolute Gasteiger partial charge is 0.270 e. The number of piperazine rings is 1. The Kier molecular flexibility index (Phi) is 8.12. The Balaban J connectivity index is 0.00000102. The molecule has 11 nitrogen and oxygen atoms in total. The highest BCUT2D eigenvalue weighted by molar-refractivity contribution is 5.93. The molecular formula is C26H31N9O2. The van der Waals surface area contributed by atoms with Gasteiger partial charge in [-0.2, -0.15) is 20.0 Å². The van der Waals surface area contributed by atoms with Gasteiger partial charge < -0.3 is 19.9 Å². The molecule has 1 N–H and O–H groups in total. The van der Waals surface area contributed by atoms with Crippen LogP contribution in [0, 0.1) is 11.3 Å². The fourth-order valence-corrected chi connectivity index (χ4v) is 4.06. The Hall–Kier alpha value is -4.27. The number of methoxy groups -OCH3 is 1. The summed E-state index contributed by atoms with van der Waals surface area (Å²) in [5, 5.41) is 20.9. The van der Waals surface area contributed by atoms with E-state index >= 15 is 0 Å². The first-order valence-corrected chi connectivity index (χ1v) is 11.9. The molecule has 1 aromatic carbocycles. The highest BCUT2D eigenvalue weighted by Crippen LogP contribution is 2.24. The number of anilines is 1. The number of hydrogen-bond donors (Lipinski definition) is 1. The van der Waals surface area contributed by atoms with Crippen LogP contribution in [0.4, 0.5) is 5.82 Å². The Labute approximate surface area is 215 Å². The minimum Gasteiger partial charge on any atom is -0.388 e. The highest BCUT2D eigenvalue weighted by Gasteiger charge is 2.22. The fourth-order valence-electron chi connectivity index (χ4n) is 4.06. The maximum Gasteiger partial charge on any atom is 0.270 e. The van der Waals surface area contributed by atoms with Crippen LogP contribution in [0.5, 0.6) is 0 Å². The molecule has 0 bridgehead atoms. The van der Waals surface area contributed by atoms with Crippen molar-refractivity contribution >= 4 is 17.4 Å². The monoisotopic (exact) mass is 501 g/mol. The number of likely N-dealkylation sites (N-methyl/N-ethyl adjacent to an activating group) is 1. The van der Waals surface area contributed by atoms with Gasteiger partial charge in [-0.15, -0.1) is 0 Å². The molecule has 192 valence electrons. The van der Waals surface area contributed by atoms with Gasteiger partial charge in [0, 0.05) is 72.3 Å². The molecule has 1 saturated heterocycles. The molecule has 1 fully saturated rings. The first-order valence-electron chi connectivity index (χ1n) is 11.9. The molecule has 3 aromatic heterocycles. The van der Waals surface area contributed by atoms with Crippen molar-refractivity contribution in [3.05, 3.63) is 65.5 Å². The molecule has 1 amide bonds. The normalized spacial score (nSPS) is 13.6. The van der Waals surface area contributed by atoms with Crippen molar-refractivity contribution in [2.24, 2.45) is 7.05 Å². The molecule has 1 aliphatic heterocycles. The molecule has 4 heterocycles. The second-order valence-corrected chi connectivity index (χ2v) is 8.83. The van der Waals surface area contributed by atoms with Crippen LogP contribution in [-0.4, -0.2) is 82.6 Å². The zero-order chi connectivity index (χ0) is 26.4. The molecule has 1 aliphatic rings. The lowest BCUT2D eigenvalue weighted by Crippen LogP contribution is -2.45. The summed E-state index contributed by atoms with van der Waals surface area (Å²) in [6.45, 7) is 3.88. The van der Waals surface area contributed by atoms with Crippen LogP contribution in [-0.2, 0) is 18.3 Å². The van der Waals surface area contributed by atoms with Crippen molar-refractivity contribution in [3.8, 4) is 17.5 Å². The number of fused-ring (bicyclic) bond motifs is 1. The van der Waals surface area contributed by atoms with Gasteiger partial charge in [-0.05, 0) is 30.8 Å². The van der Waals surface area contributed by atoms with E-state index in [2.05, 4.69) is 43.1 Å². The SMILES string of the molecule is CN1CCN(c2cc(C(=O)NCc3ccc(C#N)cc3)nc3cc(-c4ccnn4C)nn23)CC1.COC. The average molecular weight is 502 g/mol. The van der Waals surface area contributed by atoms with Crippen molar-refractivity contribution in [1.29, 1.82) is 5.26 Å². The molecule has 11 heteroatoms. The van der Waals surface area contributed by atoms with Gasteiger partial charge in [0.05, 0.1) is 17.3 Å². The Bertz CT molecular complexity index is 1390. The number of carbonyl (C=O) groups excluding carboxylic acids is 1. The van der Waals surface area contributed by atoms with E-state index in [1.165, 1.54) is 0 Å². The van der Waals surface area contributed by atoms with Crippen molar-refractivity contribution in [2.45, 2.75) is 6.54 Å². The van der Waals surface area contributed by atoms with E-state index in [0.29, 0.717) is 23.4 Å². The largest absolute Gasteiger partial charge is 0.388 e. The van der Waals surface area contributed by atoms with Crippen molar-refractivity contribution < 1.29 is 9.53 Å². The molecule has 0 atom stereocenters. The topological polar surface area (TPSA) is 117 Å². The number of carbonyl (C=O) groups is 1. The predicted octanol–water partition coefficient (Wildman–Crippen LogP) is 1.95. The van der Waals surface area contributed by atoms with Crippen LogP contribution in [0.2, 0.25) is 0 Å². The number of amides is 1. The maximum atomic E-state index is 13.1. The third kappa shape index (κ3) is 5.94. The van der Waals surface area contributed by atoms with E-state index in [4.69, 9.17) is 10.4 Å². The fraction of sp³-hybridized carbons (Fsp3) is 0.346. The molecule has 37 heavy (non-hydrogen) atoms. The Morgan fingerprint density at radius 1 is 1.08 bits per heavy atom. The lowest BCUT2D eigenvalue weighted by Gasteiger charge is -2.34. The molecule has 0 unspecified atom stereocenters. The third-order valence-electron chi connectivity index (χ3n) is 6.09. The van der Waals surface area contributed by atoms with E-state index in [1.807, 2.05) is 41.9 Å². The quantitative estimate of drug-likeness (QED) is 0.441. The lowest BCUT2D eigenvalue weighted by atomic mass is 10.1. The van der Waals surface area contributed by atoms with Gasteiger partial charge in [0.15, 0.2) is 5.65 Å². The molecule has 0 saturated carbocycles.